The van der Waals surface area contributed by atoms with Crippen LogP contribution in [0.2, 0.25) is 0 Å². The number of hydrogen-bond donors (Lipinski definition) is 2. The quantitative estimate of drug-likeness (QED) is 0.727. The Labute approximate surface area is 99.7 Å². The molecule has 0 radical (unpaired) electrons. The van der Waals surface area contributed by atoms with E-state index in [1.54, 1.807) is 0 Å². The molecule has 1 unspecified atom stereocenters. The van der Waals surface area contributed by atoms with Crippen LogP contribution in [-0.2, 0) is 13.0 Å². The molecule has 3 N–H and O–H groups in total. The van der Waals surface area contributed by atoms with E-state index in [4.69, 9.17) is 5.73 Å². The smallest absolute Gasteiger partial charge is 0.140 e. The Morgan fingerprint density at radius 1 is 1.29 bits per heavy atom. The van der Waals surface area contributed by atoms with Crippen LogP contribution in [0.25, 0.3) is 11.4 Å². The van der Waals surface area contributed by atoms with Crippen LogP contribution in [-0.4, -0.2) is 20.8 Å². The number of nitrogen functional groups attached to an aromatic ring is 1. The summed E-state index contributed by atoms with van der Waals surface area (Å²) in [6.45, 7) is 0.830. The molecule has 1 aliphatic heterocycles. The summed E-state index contributed by atoms with van der Waals surface area (Å²) in [6, 6.07) is 7.73. The summed E-state index contributed by atoms with van der Waals surface area (Å²) in [5, 5.41) is 9.61. The van der Waals surface area contributed by atoms with Crippen molar-refractivity contribution in [3.05, 3.63) is 36.2 Å². The second kappa shape index (κ2) is 3.89. The number of aliphatic hydroxyl groups is 1. The fraction of sp³-hybridized carbons (Fsp3) is 0.308. The molecule has 2 heterocycles. The molecular weight excluding hydrogens is 214 g/mol. The van der Waals surface area contributed by atoms with Gasteiger partial charge in [-0.2, -0.15) is 0 Å². The van der Waals surface area contributed by atoms with Crippen LogP contribution < -0.4 is 5.73 Å². The van der Waals surface area contributed by atoms with Gasteiger partial charge in [-0.3, -0.25) is 0 Å². The van der Waals surface area contributed by atoms with E-state index >= 15 is 0 Å². The third-order valence-electron chi connectivity index (χ3n) is 3.24. The lowest BCUT2D eigenvalue weighted by atomic mass is 10.1. The average Bonchev–Trinajstić information content (AvgIpc) is 2.73. The topological polar surface area (TPSA) is 64.1 Å². The minimum absolute atomic E-state index is 0.224. The Hall–Kier alpha value is -1.81. The maximum atomic E-state index is 9.61. The van der Waals surface area contributed by atoms with E-state index in [9.17, 15) is 5.11 Å². The molecule has 88 valence electrons. The van der Waals surface area contributed by atoms with Gasteiger partial charge < -0.3 is 15.4 Å². The number of rotatable bonds is 1. The summed E-state index contributed by atoms with van der Waals surface area (Å²) in [7, 11) is 0. The molecule has 4 nitrogen and oxygen atoms in total. The molecular formula is C13H15N3O. The van der Waals surface area contributed by atoms with Gasteiger partial charge in [-0.1, -0.05) is 0 Å². The SMILES string of the molecule is Nc1ccc(-c2ncc3n2CCC(O)C3)cc1. The van der Waals surface area contributed by atoms with Crippen molar-refractivity contribution in [3.63, 3.8) is 0 Å². The van der Waals surface area contributed by atoms with Gasteiger partial charge in [-0.15, -0.1) is 0 Å². The monoisotopic (exact) mass is 229 g/mol. The second-order valence-corrected chi connectivity index (χ2v) is 4.49. The number of aromatic nitrogens is 2. The van der Waals surface area contributed by atoms with Gasteiger partial charge in [0.15, 0.2) is 0 Å². The van der Waals surface area contributed by atoms with Gasteiger partial charge in [0.05, 0.1) is 6.10 Å². The van der Waals surface area contributed by atoms with Crippen LogP contribution in [0.4, 0.5) is 5.69 Å². The van der Waals surface area contributed by atoms with Crippen LogP contribution >= 0.6 is 0 Å². The number of nitrogens with two attached hydrogens (primary N) is 1. The third kappa shape index (κ3) is 1.80. The molecule has 0 bridgehead atoms. The van der Waals surface area contributed by atoms with Crippen LogP contribution in [0, 0.1) is 0 Å². The van der Waals surface area contributed by atoms with E-state index in [1.807, 2.05) is 30.5 Å². The van der Waals surface area contributed by atoms with Gasteiger partial charge in [-0.05, 0) is 30.7 Å². The molecule has 0 saturated heterocycles. The van der Waals surface area contributed by atoms with Crippen molar-refractivity contribution in [1.82, 2.24) is 9.55 Å². The van der Waals surface area contributed by atoms with E-state index < -0.39 is 0 Å². The molecule has 0 fully saturated rings. The lowest BCUT2D eigenvalue weighted by Crippen LogP contribution is -2.22. The van der Waals surface area contributed by atoms with E-state index in [1.165, 1.54) is 0 Å². The first kappa shape index (κ1) is 10.4. The van der Waals surface area contributed by atoms with Gasteiger partial charge in [0.25, 0.3) is 0 Å². The summed E-state index contributed by atoms with van der Waals surface area (Å²) in [5.41, 5.74) is 8.61. The molecule has 1 aromatic heterocycles. The van der Waals surface area contributed by atoms with Gasteiger partial charge in [0.1, 0.15) is 5.82 Å². The molecule has 1 aromatic carbocycles. The highest BCUT2D eigenvalue weighted by Gasteiger charge is 2.20. The Morgan fingerprint density at radius 3 is 2.82 bits per heavy atom. The molecule has 0 spiro atoms. The maximum Gasteiger partial charge on any atom is 0.140 e. The van der Waals surface area contributed by atoms with Crippen molar-refractivity contribution in [2.75, 3.05) is 5.73 Å². The van der Waals surface area contributed by atoms with Crippen LogP contribution in [0.15, 0.2) is 30.5 Å². The molecule has 1 aliphatic rings. The Bertz CT molecular complexity index is 530. The van der Waals surface area contributed by atoms with Crippen molar-refractivity contribution in [1.29, 1.82) is 0 Å². The van der Waals surface area contributed by atoms with Crippen molar-refractivity contribution in [2.24, 2.45) is 0 Å². The summed E-state index contributed by atoms with van der Waals surface area (Å²) >= 11 is 0. The minimum atomic E-state index is -0.224. The third-order valence-corrected chi connectivity index (χ3v) is 3.24. The second-order valence-electron chi connectivity index (χ2n) is 4.49. The molecule has 17 heavy (non-hydrogen) atoms. The zero-order valence-corrected chi connectivity index (χ0v) is 9.50. The Kier molecular flexibility index (Phi) is 2.37. The highest BCUT2D eigenvalue weighted by atomic mass is 16.3. The maximum absolute atomic E-state index is 9.61. The molecule has 0 aliphatic carbocycles. The van der Waals surface area contributed by atoms with E-state index in [-0.39, 0.29) is 6.10 Å². The van der Waals surface area contributed by atoms with Crippen molar-refractivity contribution >= 4 is 5.69 Å². The number of nitrogens with zero attached hydrogens (tertiary/aromatic N) is 2. The predicted molar refractivity (Wildman–Crippen MR) is 66.4 cm³/mol. The van der Waals surface area contributed by atoms with E-state index in [2.05, 4.69) is 9.55 Å². The fourth-order valence-corrected chi connectivity index (χ4v) is 2.31. The van der Waals surface area contributed by atoms with Gasteiger partial charge in [0.2, 0.25) is 0 Å². The number of fused-ring (bicyclic) bond motifs is 1. The summed E-state index contributed by atoms with van der Waals surface area (Å²) in [6.07, 6.45) is 3.12. The number of anilines is 1. The normalized spacial score (nSPS) is 19.0. The lowest BCUT2D eigenvalue weighted by Gasteiger charge is -2.21. The highest BCUT2D eigenvalue weighted by molar-refractivity contribution is 5.59. The number of imidazole rings is 1. The van der Waals surface area contributed by atoms with Crippen LogP contribution in [0.1, 0.15) is 12.1 Å². The molecule has 2 aromatic rings. The minimum Gasteiger partial charge on any atom is -0.399 e. The first-order valence-electron chi connectivity index (χ1n) is 5.82. The predicted octanol–water partition coefficient (Wildman–Crippen LogP) is 1.44. The first-order chi connectivity index (χ1) is 8.24. The highest BCUT2D eigenvalue weighted by Crippen LogP contribution is 2.25. The van der Waals surface area contributed by atoms with E-state index in [0.29, 0.717) is 6.42 Å². The largest absolute Gasteiger partial charge is 0.399 e. The van der Waals surface area contributed by atoms with Crippen molar-refractivity contribution < 1.29 is 5.11 Å². The summed E-state index contributed by atoms with van der Waals surface area (Å²) in [5.74, 6) is 0.965. The zero-order chi connectivity index (χ0) is 11.8. The number of hydrogen-bond acceptors (Lipinski definition) is 3. The van der Waals surface area contributed by atoms with Crippen LogP contribution in [0.5, 0.6) is 0 Å². The lowest BCUT2D eigenvalue weighted by molar-refractivity contribution is 0.144. The van der Waals surface area contributed by atoms with E-state index in [0.717, 1.165) is 35.7 Å². The van der Waals surface area contributed by atoms with Crippen molar-refractivity contribution in [2.45, 2.75) is 25.5 Å². The Balaban J connectivity index is 2.02. The first-order valence-corrected chi connectivity index (χ1v) is 5.82. The standard InChI is InChI=1S/C13H15N3O/c14-10-3-1-9(2-4-10)13-15-8-11-7-12(17)5-6-16(11)13/h1-4,8,12,17H,5-7,14H2. The summed E-state index contributed by atoms with van der Waals surface area (Å²) in [4.78, 5) is 4.44. The van der Waals surface area contributed by atoms with Gasteiger partial charge in [-0.25, -0.2) is 4.98 Å². The van der Waals surface area contributed by atoms with Crippen LogP contribution in [0.3, 0.4) is 0 Å². The zero-order valence-electron chi connectivity index (χ0n) is 9.50. The molecule has 0 amide bonds. The van der Waals surface area contributed by atoms with Gasteiger partial charge in [0, 0.05) is 36.1 Å². The average molecular weight is 229 g/mol. The number of aliphatic hydroxyl groups excluding tert-OH is 1. The molecule has 0 saturated carbocycles. The summed E-state index contributed by atoms with van der Waals surface area (Å²) < 4.78 is 2.18. The van der Waals surface area contributed by atoms with Crippen molar-refractivity contribution in [3.8, 4) is 11.4 Å². The Morgan fingerprint density at radius 2 is 2.06 bits per heavy atom. The molecule has 4 heteroatoms. The van der Waals surface area contributed by atoms with Gasteiger partial charge >= 0.3 is 0 Å². The molecule has 3 rings (SSSR count). The fourth-order valence-electron chi connectivity index (χ4n) is 2.31. The number of benzene rings is 1. The molecule has 1 atom stereocenters.